The Morgan fingerprint density at radius 3 is 2.31 bits per heavy atom. The largest absolute Gasteiger partial charge is 0.447 e. The maximum absolute atomic E-state index is 12.0. The molecule has 3 aliphatic rings. The molecule has 2 amide bonds. The highest BCUT2D eigenvalue weighted by Gasteiger charge is 2.57. The van der Waals surface area contributed by atoms with E-state index in [0.717, 1.165) is 25.0 Å². The molecule has 1 N–H and O–H groups in total. The van der Waals surface area contributed by atoms with Crippen molar-refractivity contribution in [3.8, 4) is 0 Å². The number of ether oxygens (including phenoxy) is 2. The minimum atomic E-state index is -3.79. The third-order valence-electron chi connectivity index (χ3n) is 5.76. The van der Waals surface area contributed by atoms with Gasteiger partial charge in [-0.3, -0.25) is 4.90 Å². The normalized spacial score (nSPS) is 25.9. The predicted molar refractivity (Wildman–Crippen MR) is 116 cm³/mol. The molecule has 2 aliphatic heterocycles. The summed E-state index contributed by atoms with van der Waals surface area (Å²) in [6, 6.07) is 7.43. The number of nitrogens with zero attached hydrogens (tertiary/aromatic N) is 2. The topological polar surface area (TPSA) is 114 Å². The smallest absolute Gasteiger partial charge is 0.412 e. The Hall–Kier alpha value is -2.53. The molecule has 2 heterocycles. The predicted octanol–water partition coefficient (Wildman–Crippen LogP) is 2.07. The second-order valence-electron chi connectivity index (χ2n) is 9.46. The molecule has 1 saturated carbocycles. The zero-order chi connectivity index (χ0) is 23.3. The fourth-order valence-corrected chi connectivity index (χ4v) is 4.86. The molecule has 10 nitrogen and oxygen atoms in total. The summed E-state index contributed by atoms with van der Waals surface area (Å²) in [4.78, 5) is 27.4. The maximum Gasteiger partial charge on any atom is 0.412 e. The zero-order valence-electron chi connectivity index (χ0n) is 18.6. The first-order chi connectivity index (χ1) is 14.9. The van der Waals surface area contributed by atoms with Gasteiger partial charge in [-0.05, 0) is 32.9 Å². The average molecular weight is 468 g/mol. The number of piperidine rings is 1. The molecule has 4 rings (SSSR count). The number of rotatable bonds is 6. The van der Waals surface area contributed by atoms with Crippen LogP contribution in [0.25, 0.3) is 0 Å². The van der Waals surface area contributed by atoms with Gasteiger partial charge >= 0.3 is 12.2 Å². The average Bonchev–Trinajstić information content (AvgIpc) is 3.02. The van der Waals surface area contributed by atoms with Crippen LogP contribution in [0.4, 0.5) is 15.3 Å². The van der Waals surface area contributed by atoms with Crippen molar-refractivity contribution in [3.05, 3.63) is 29.8 Å². The van der Waals surface area contributed by atoms with Crippen LogP contribution < -0.4 is 10.2 Å². The number of hydrogen-bond donors (Lipinski definition) is 1. The van der Waals surface area contributed by atoms with E-state index in [1.54, 1.807) is 12.1 Å². The van der Waals surface area contributed by atoms with Gasteiger partial charge in [-0.1, -0.05) is 12.1 Å². The van der Waals surface area contributed by atoms with Gasteiger partial charge < -0.3 is 19.7 Å². The Bertz CT molecular complexity index is 978. The van der Waals surface area contributed by atoms with Crippen molar-refractivity contribution < 1.29 is 31.7 Å². The van der Waals surface area contributed by atoms with Crippen LogP contribution in [0.3, 0.4) is 0 Å². The van der Waals surface area contributed by atoms with Gasteiger partial charge in [0.25, 0.3) is 10.1 Å². The van der Waals surface area contributed by atoms with E-state index in [0.29, 0.717) is 17.4 Å². The number of cyclic esters (lactones) is 1. The van der Waals surface area contributed by atoms with Crippen LogP contribution in [0.15, 0.2) is 24.3 Å². The quantitative estimate of drug-likeness (QED) is 0.633. The van der Waals surface area contributed by atoms with Crippen LogP contribution in [0.2, 0.25) is 0 Å². The van der Waals surface area contributed by atoms with E-state index >= 15 is 0 Å². The number of benzene rings is 1. The molecule has 176 valence electrons. The molecule has 1 unspecified atom stereocenters. The van der Waals surface area contributed by atoms with Crippen molar-refractivity contribution in [2.24, 2.45) is 11.8 Å². The number of nitrogens with one attached hydrogen (secondary N) is 1. The molecule has 0 bridgehead atoms. The maximum atomic E-state index is 12.0. The van der Waals surface area contributed by atoms with E-state index in [-0.39, 0.29) is 25.3 Å². The number of alkyl carbamates (subject to hydrolysis) is 1. The molecule has 4 atom stereocenters. The van der Waals surface area contributed by atoms with Crippen LogP contribution in [-0.4, -0.2) is 69.6 Å². The summed E-state index contributed by atoms with van der Waals surface area (Å²) in [6.07, 6.45) is -1.10. The van der Waals surface area contributed by atoms with Crippen molar-refractivity contribution in [2.45, 2.75) is 38.6 Å². The van der Waals surface area contributed by atoms with Crippen LogP contribution >= 0.6 is 0 Å². The lowest BCUT2D eigenvalue weighted by Gasteiger charge is -2.26. The first-order valence-corrected chi connectivity index (χ1v) is 12.4. The van der Waals surface area contributed by atoms with E-state index in [2.05, 4.69) is 10.2 Å². The Balaban J connectivity index is 1.37. The van der Waals surface area contributed by atoms with Crippen molar-refractivity contribution in [1.29, 1.82) is 0 Å². The molecule has 0 radical (unpaired) electrons. The van der Waals surface area contributed by atoms with Gasteiger partial charge in [-0.25, -0.2) is 13.8 Å². The van der Waals surface area contributed by atoms with Crippen LogP contribution in [-0.2, 0) is 23.8 Å². The lowest BCUT2D eigenvalue weighted by Crippen LogP contribution is -2.38. The highest BCUT2D eigenvalue weighted by atomic mass is 32.2. The first kappa shape index (κ1) is 22.7. The van der Waals surface area contributed by atoms with E-state index < -0.39 is 28.0 Å². The molecule has 1 aromatic rings. The van der Waals surface area contributed by atoms with Gasteiger partial charge in [-0.15, -0.1) is 0 Å². The summed E-state index contributed by atoms with van der Waals surface area (Å²) in [5.74, 6) is 0.755. The Labute approximate surface area is 187 Å². The molecule has 2 saturated heterocycles. The minimum Gasteiger partial charge on any atom is -0.447 e. The molecule has 0 spiro atoms. The van der Waals surface area contributed by atoms with Gasteiger partial charge in [0.2, 0.25) is 0 Å². The van der Waals surface area contributed by atoms with Gasteiger partial charge in [0.1, 0.15) is 12.2 Å². The summed E-state index contributed by atoms with van der Waals surface area (Å²) in [7, 11) is -3.79. The summed E-state index contributed by atoms with van der Waals surface area (Å²) in [6.45, 7) is 7.58. The first-order valence-electron chi connectivity index (χ1n) is 10.6. The molecule has 3 fully saturated rings. The van der Waals surface area contributed by atoms with Crippen LogP contribution in [0, 0.1) is 11.8 Å². The molecular formula is C21H29N3O7S. The fraction of sp³-hybridized carbons (Fsp3) is 0.619. The summed E-state index contributed by atoms with van der Waals surface area (Å²) in [5.41, 5.74) is 1.01. The summed E-state index contributed by atoms with van der Waals surface area (Å²) in [5, 5.41) is 2.96. The number of fused-ring (bicyclic) bond motifs is 1. The van der Waals surface area contributed by atoms with E-state index in [9.17, 15) is 18.0 Å². The molecule has 32 heavy (non-hydrogen) atoms. The number of anilines is 1. The Kier molecular flexibility index (Phi) is 5.74. The molecule has 1 aromatic carbocycles. The third kappa shape index (κ3) is 5.09. The Morgan fingerprint density at radius 1 is 1.19 bits per heavy atom. The van der Waals surface area contributed by atoms with E-state index in [1.807, 2.05) is 32.9 Å². The van der Waals surface area contributed by atoms with E-state index in [4.69, 9.17) is 13.7 Å². The van der Waals surface area contributed by atoms with Crippen molar-refractivity contribution >= 4 is 28.0 Å². The summed E-state index contributed by atoms with van der Waals surface area (Å²) >= 11 is 0. The standard InChI is InChI=1S/C21H29N3O7S/c1-21(2,3)30-19(25)22-17-15-11-23(12-16(15)17)14-7-5-13(6-8-14)18(31-32(4,27)28)24-9-10-29-20(24)26/h5-8,15-18H,9-12H2,1-4H3,(H,22,25)/t15-,16+,17?,18-/m1/s1. The molecular weight excluding hydrogens is 438 g/mol. The number of carbonyl (C=O) groups is 2. The lowest BCUT2D eigenvalue weighted by molar-refractivity contribution is 0.0517. The zero-order valence-corrected chi connectivity index (χ0v) is 19.4. The molecule has 1 aliphatic carbocycles. The minimum absolute atomic E-state index is 0.133. The highest BCUT2D eigenvalue weighted by molar-refractivity contribution is 7.86. The van der Waals surface area contributed by atoms with Crippen molar-refractivity contribution in [2.75, 3.05) is 37.4 Å². The highest BCUT2D eigenvalue weighted by Crippen LogP contribution is 2.47. The number of hydrogen-bond acceptors (Lipinski definition) is 8. The van der Waals surface area contributed by atoms with Crippen LogP contribution in [0.5, 0.6) is 0 Å². The van der Waals surface area contributed by atoms with Gasteiger partial charge in [0.15, 0.2) is 6.23 Å². The monoisotopic (exact) mass is 467 g/mol. The second-order valence-corrected chi connectivity index (χ2v) is 11.1. The third-order valence-corrected chi connectivity index (χ3v) is 6.29. The van der Waals surface area contributed by atoms with Crippen molar-refractivity contribution in [3.63, 3.8) is 0 Å². The summed E-state index contributed by atoms with van der Waals surface area (Å²) < 4.78 is 38.9. The van der Waals surface area contributed by atoms with E-state index in [1.165, 1.54) is 4.90 Å². The van der Waals surface area contributed by atoms with Gasteiger partial charge in [0, 0.05) is 42.2 Å². The lowest BCUT2D eigenvalue weighted by atomic mass is 10.1. The number of carbonyl (C=O) groups excluding carboxylic acids is 2. The number of amides is 2. The van der Waals surface area contributed by atoms with Gasteiger partial charge in [-0.2, -0.15) is 8.42 Å². The Morgan fingerprint density at radius 2 is 1.81 bits per heavy atom. The molecule has 11 heteroatoms. The SMILES string of the molecule is CC(C)(C)OC(=O)NC1[C@H]2CN(c3ccc([C@@H](OS(C)(=O)=O)N4CCOC4=O)cc3)C[C@@H]12. The molecule has 0 aromatic heterocycles. The fourth-order valence-electron chi connectivity index (χ4n) is 4.32. The van der Waals surface area contributed by atoms with Crippen molar-refractivity contribution in [1.82, 2.24) is 10.2 Å². The van der Waals surface area contributed by atoms with Gasteiger partial charge in [0.05, 0.1) is 12.8 Å². The second kappa shape index (κ2) is 8.11. The van der Waals surface area contributed by atoms with Crippen LogP contribution in [0.1, 0.15) is 32.6 Å².